The Morgan fingerprint density at radius 1 is 0.889 bits per heavy atom. The van der Waals surface area contributed by atoms with Gasteiger partial charge in [-0.15, -0.1) is 0 Å². The van der Waals surface area contributed by atoms with Gasteiger partial charge in [-0.2, -0.15) is 0 Å². The number of nitrogens with two attached hydrogens (primary N) is 2. The van der Waals surface area contributed by atoms with E-state index in [1.807, 2.05) is 12.1 Å². The van der Waals surface area contributed by atoms with Gasteiger partial charge in [-0.25, -0.2) is 0 Å². The van der Waals surface area contributed by atoms with Crippen LogP contribution in [0.1, 0.15) is 0 Å². The molecule has 4 N–H and O–H groups in total. The van der Waals surface area contributed by atoms with E-state index in [-0.39, 0.29) is 29.6 Å². The standard InChI is InChI=1S/C6H8N2.Na/c7-5-3-1-2-4-6(5)8;/h1-4H,7-8H2;. The molecule has 2 nitrogen and oxygen atoms in total. The Hall–Kier alpha value is -0.180. The van der Waals surface area contributed by atoms with Crippen molar-refractivity contribution in [1.29, 1.82) is 0 Å². The van der Waals surface area contributed by atoms with E-state index in [1.165, 1.54) is 0 Å². The molecule has 0 saturated heterocycles. The second-order valence-electron chi connectivity index (χ2n) is 1.63. The van der Waals surface area contributed by atoms with Gasteiger partial charge in [0.2, 0.25) is 0 Å². The molecule has 0 spiro atoms. The molecule has 9 heavy (non-hydrogen) atoms. The van der Waals surface area contributed by atoms with Crippen molar-refractivity contribution < 1.29 is 0 Å². The van der Waals surface area contributed by atoms with E-state index in [9.17, 15) is 0 Å². The van der Waals surface area contributed by atoms with Gasteiger partial charge in [-0.05, 0) is 12.1 Å². The Kier molecular flexibility index (Phi) is 3.70. The van der Waals surface area contributed by atoms with Crippen molar-refractivity contribution in [2.75, 3.05) is 11.5 Å². The summed E-state index contributed by atoms with van der Waals surface area (Å²) < 4.78 is 0. The molecule has 1 radical (unpaired) electrons. The number of hydrogen-bond acceptors (Lipinski definition) is 2. The van der Waals surface area contributed by atoms with Gasteiger partial charge in [0.15, 0.2) is 0 Å². The normalized spacial score (nSPS) is 8.00. The molecule has 0 unspecified atom stereocenters. The summed E-state index contributed by atoms with van der Waals surface area (Å²) in [6, 6.07) is 7.25. The molecule has 0 aromatic heterocycles. The van der Waals surface area contributed by atoms with Crippen molar-refractivity contribution in [2.45, 2.75) is 0 Å². The van der Waals surface area contributed by atoms with Gasteiger partial charge in [0, 0.05) is 29.6 Å². The Bertz CT molecular complexity index is 167. The van der Waals surface area contributed by atoms with Crippen LogP contribution in [0.2, 0.25) is 0 Å². The van der Waals surface area contributed by atoms with Crippen LogP contribution in [0.15, 0.2) is 24.3 Å². The first-order chi connectivity index (χ1) is 3.80. The van der Waals surface area contributed by atoms with Crippen molar-refractivity contribution in [3.8, 4) is 0 Å². The molecule has 0 heterocycles. The van der Waals surface area contributed by atoms with Gasteiger partial charge in [0.25, 0.3) is 0 Å². The summed E-state index contributed by atoms with van der Waals surface area (Å²) in [5, 5.41) is 0. The summed E-state index contributed by atoms with van der Waals surface area (Å²) in [7, 11) is 0. The van der Waals surface area contributed by atoms with Crippen LogP contribution in [0.3, 0.4) is 0 Å². The van der Waals surface area contributed by atoms with Crippen molar-refractivity contribution >= 4 is 40.9 Å². The van der Waals surface area contributed by atoms with Crippen molar-refractivity contribution in [3.05, 3.63) is 24.3 Å². The van der Waals surface area contributed by atoms with Gasteiger partial charge in [0.1, 0.15) is 0 Å². The fraction of sp³-hybridized carbons (Fsp3) is 0. The topological polar surface area (TPSA) is 52.0 Å². The smallest absolute Gasteiger partial charge is 0.0547 e. The molecule has 0 aliphatic rings. The quantitative estimate of drug-likeness (QED) is 0.397. The van der Waals surface area contributed by atoms with Crippen LogP contribution in [0.5, 0.6) is 0 Å². The molecular weight excluding hydrogens is 123 g/mol. The third-order valence-electron chi connectivity index (χ3n) is 0.996. The van der Waals surface area contributed by atoms with Crippen LogP contribution in [-0.4, -0.2) is 29.6 Å². The van der Waals surface area contributed by atoms with Gasteiger partial charge >= 0.3 is 0 Å². The van der Waals surface area contributed by atoms with Crippen LogP contribution in [0.4, 0.5) is 11.4 Å². The van der Waals surface area contributed by atoms with Gasteiger partial charge in [-0.1, -0.05) is 12.1 Å². The van der Waals surface area contributed by atoms with Gasteiger partial charge in [-0.3, -0.25) is 0 Å². The molecule has 0 fully saturated rings. The zero-order valence-corrected chi connectivity index (χ0v) is 7.46. The molecule has 1 rings (SSSR count). The van der Waals surface area contributed by atoms with Gasteiger partial charge < -0.3 is 11.5 Å². The molecule has 3 heteroatoms. The first-order valence-electron chi connectivity index (χ1n) is 2.40. The van der Waals surface area contributed by atoms with E-state index >= 15 is 0 Å². The zero-order valence-electron chi connectivity index (χ0n) is 5.46. The van der Waals surface area contributed by atoms with Crippen molar-refractivity contribution in [1.82, 2.24) is 0 Å². The Labute approximate surface area is 76.5 Å². The predicted molar refractivity (Wildman–Crippen MR) is 41.0 cm³/mol. The molecule has 0 amide bonds. The van der Waals surface area contributed by atoms with E-state index in [0.29, 0.717) is 11.4 Å². The van der Waals surface area contributed by atoms with Crippen LogP contribution in [-0.2, 0) is 0 Å². The number of benzene rings is 1. The zero-order chi connectivity index (χ0) is 5.98. The SMILES string of the molecule is Nc1ccccc1N.[Na]. The van der Waals surface area contributed by atoms with Crippen molar-refractivity contribution in [2.24, 2.45) is 0 Å². The summed E-state index contributed by atoms with van der Waals surface area (Å²) in [6.45, 7) is 0. The number of nitrogen functional groups attached to an aromatic ring is 2. The number of para-hydroxylation sites is 2. The minimum atomic E-state index is 0. The van der Waals surface area contributed by atoms with Crippen LogP contribution >= 0.6 is 0 Å². The van der Waals surface area contributed by atoms with E-state index in [0.717, 1.165) is 0 Å². The maximum absolute atomic E-state index is 5.39. The van der Waals surface area contributed by atoms with E-state index < -0.39 is 0 Å². The monoisotopic (exact) mass is 131 g/mol. The fourth-order valence-electron chi connectivity index (χ4n) is 0.511. The first kappa shape index (κ1) is 8.82. The Balaban J connectivity index is 0.000000640. The fourth-order valence-corrected chi connectivity index (χ4v) is 0.511. The van der Waals surface area contributed by atoms with Crippen LogP contribution in [0.25, 0.3) is 0 Å². The summed E-state index contributed by atoms with van der Waals surface area (Å²) in [5.74, 6) is 0. The summed E-state index contributed by atoms with van der Waals surface area (Å²) >= 11 is 0. The van der Waals surface area contributed by atoms with Gasteiger partial charge in [0.05, 0.1) is 11.4 Å². The minimum absolute atomic E-state index is 0. The summed E-state index contributed by atoms with van der Waals surface area (Å²) in [5.41, 5.74) is 12.1. The second-order valence-corrected chi connectivity index (χ2v) is 1.63. The molecule has 0 aliphatic heterocycles. The summed E-state index contributed by atoms with van der Waals surface area (Å²) in [4.78, 5) is 0. The Morgan fingerprint density at radius 3 is 1.44 bits per heavy atom. The van der Waals surface area contributed by atoms with Crippen LogP contribution in [0, 0.1) is 0 Å². The van der Waals surface area contributed by atoms with Crippen LogP contribution < -0.4 is 11.5 Å². The molecule has 1 aromatic carbocycles. The number of anilines is 2. The van der Waals surface area contributed by atoms with E-state index in [1.54, 1.807) is 12.1 Å². The average Bonchev–Trinajstić information content (AvgIpc) is 1.77. The number of rotatable bonds is 0. The maximum Gasteiger partial charge on any atom is 0.0547 e. The number of hydrogen-bond donors (Lipinski definition) is 2. The molecule has 0 atom stereocenters. The third-order valence-corrected chi connectivity index (χ3v) is 0.996. The average molecular weight is 131 g/mol. The third kappa shape index (κ3) is 2.26. The second kappa shape index (κ2) is 3.77. The molecule has 0 bridgehead atoms. The molecular formula is C6H8N2Na. The maximum atomic E-state index is 5.39. The Morgan fingerprint density at radius 2 is 1.22 bits per heavy atom. The predicted octanol–water partition coefficient (Wildman–Crippen LogP) is 0.470. The minimum Gasteiger partial charge on any atom is -0.397 e. The molecule has 0 aliphatic carbocycles. The van der Waals surface area contributed by atoms with E-state index in [4.69, 9.17) is 11.5 Å². The first-order valence-corrected chi connectivity index (χ1v) is 2.40. The summed E-state index contributed by atoms with van der Waals surface area (Å²) in [6.07, 6.45) is 0. The molecule has 43 valence electrons. The molecule has 0 saturated carbocycles. The van der Waals surface area contributed by atoms with E-state index in [2.05, 4.69) is 0 Å². The molecule has 1 aromatic rings. The van der Waals surface area contributed by atoms with Crippen molar-refractivity contribution in [3.63, 3.8) is 0 Å². The largest absolute Gasteiger partial charge is 0.397 e.